The van der Waals surface area contributed by atoms with Crippen LogP contribution in [0.5, 0.6) is 0 Å². The number of nitriles is 2. The third-order valence-corrected chi connectivity index (χ3v) is 11.3. The van der Waals surface area contributed by atoms with Crippen LogP contribution in [0, 0.1) is 22.7 Å². The first kappa shape index (κ1) is 26.0. The Bertz CT molecular complexity index is 2540. The second-order valence-corrected chi connectivity index (χ2v) is 13.8. The van der Waals surface area contributed by atoms with Crippen LogP contribution in [0.4, 0.5) is 0 Å². The molecule has 45 heavy (non-hydrogen) atoms. The van der Waals surface area contributed by atoms with E-state index in [4.69, 9.17) is 0 Å². The smallest absolute Gasteiger partial charge is 0.101 e. The molecule has 0 atom stereocenters. The Morgan fingerprint density at radius 1 is 0.711 bits per heavy atom. The van der Waals surface area contributed by atoms with Crippen LogP contribution >= 0.6 is 11.3 Å². The van der Waals surface area contributed by atoms with E-state index in [0.29, 0.717) is 11.1 Å². The zero-order valence-electron chi connectivity index (χ0n) is 25.0. The van der Waals surface area contributed by atoms with E-state index in [1.807, 2.05) is 53.8 Å². The second kappa shape index (κ2) is 9.29. The summed E-state index contributed by atoms with van der Waals surface area (Å²) in [4.78, 5) is 1.43. The first-order valence-electron chi connectivity index (χ1n) is 15.4. The second-order valence-electron chi connectivity index (χ2n) is 12.7. The van der Waals surface area contributed by atoms with Gasteiger partial charge in [-0.2, -0.15) is 10.5 Å². The van der Waals surface area contributed by atoms with E-state index in [1.165, 1.54) is 48.4 Å². The summed E-state index contributed by atoms with van der Waals surface area (Å²) in [7, 11) is 0. The average Bonchev–Trinajstić information content (AvgIpc) is 3.69. The molecule has 2 aliphatic rings. The predicted octanol–water partition coefficient (Wildman–Crippen LogP) is 10.5. The fraction of sp³-hybridized carbons (Fsp3) is 0.122. The molecule has 0 unspecified atom stereocenters. The molecule has 0 bridgehead atoms. The predicted molar refractivity (Wildman–Crippen MR) is 186 cm³/mol. The monoisotopic (exact) mass is 593 g/mol. The lowest BCUT2D eigenvalue weighted by atomic mass is 9.82. The summed E-state index contributed by atoms with van der Waals surface area (Å²) in [6.07, 6.45) is 4.26. The van der Waals surface area contributed by atoms with Crippen molar-refractivity contribution in [2.24, 2.45) is 0 Å². The Kier molecular flexibility index (Phi) is 5.37. The van der Waals surface area contributed by atoms with Crippen LogP contribution in [0.2, 0.25) is 0 Å². The molecule has 0 aliphatic heterocycles. The van der Waals surface area contributed by atoms with Gasteiger partial charge in [0.05, 0.1) is 33.9 Å². The maximum absolute atomic E-state index is 10.4. The summed E-state index contributed by atoms with van der Waals surface area (Å²) < 4.78 is 3.61. The first-order chi connectivity index (χ1) is 22.0. The molecule has 0 amide bonds. The van der Waals surface area contributed by atoms with Crippen molar-refractivity contribution >= 4 is 54.9 Å². The van der Waals surface area contributed by atoms with Gasteiger partial charge >= 0.3 is 0 Å². The summed E-state index contributed by atoms with van der Waals surface area (Å²) in [6.45, 7) is 4.68. The van der Waals surface area contributed by atoms with E-state index >= 15 is 0 Å². The molecule has 2 aromatic heterocycles. The van der Waals surface area contributed by atoms with Crippen molar-refractivity contribution in [2.75, 3.05) is 0 Å². The standard InChI is InChI=1S/C41H27N3S/c1-41(2)33-12-5-3-10-30(33)38-34(41)17-16-29-32-21-25(15-19-37(32)45-40(29)38)27-11-7-8-26(23-43)39(27)44-35-13-6-4-9-28(35)31-20-24(22-42)14-18-36(31)44/h3-14,16-18,20-21H,15,19H2,1-2H3. The lowest BCUT2D eigenvalue weighted by molar-refractivity contribution is 0.661. The normalized spacial score (nSPS) is 14.5. The van der Waals surface area contributed by atoms with Gasteiger partial charge in [-0.25, -0.2) is 0 Å². The van der Waals surface area contributed by atoms with Crippen molar-refractivity contribution in [3.8, 4) is 29.0 Å². The van der Waals surface area contributed by atoms with Crippen molar-refractivity contribution in [1.29, 1.82) is 10.5 Å². The van der Waals surface area contributed by atoms with Crippen molar-refractivity contribution in [1.82, 2.24) is 4.57 Å². The largest absolute Gasteiger partial charge is 0.307 e. The van der Waals surface area contributed by atoms with Crippen LogP contribution in [0.15, 0.2) is 97.1 Å². The van der Waals surface area contributed by atoms with Crippen LogP contribution in [-0.4, -0.2) is 4.57 Å². The Morgan fingerprint density at radius 2 is 1.51 bits per heavy atom. The summed E-state index contributed by atoms with van der Waals surface area (Å²) in [5, 5.41) is 23.5. The Balaban J connectivity index is 1.29. The summed E-state index contributed by atoms with van der Waals surface area (Å²) >= 11 is 1.95. The van der Waals surface area contributed by atoms with Gasteiger partial charge in [-0.15, -0.1) is 11.3 Å². The highest BCUT2D eigenvalue weighted by molar-refractivity contribution is 7.20. The van der Waals surface area contributed by atoms with E-state index in [-0.39, 0.29) is 5.41 Å². The maximum Gasteiger partial charge on any atom is 0.101 e. The van der Waals surface area contributed by atoms with Gasteiger partial charge in [-0.3, -0.25) is 0 Å². The van der Waals surface area contributed by atoms with Crippen molar-refractivity contribution < 1.29 is 0 Å². The Hall–Kier alpha value is -5.42. The molecule has 0 N–H and O–H groups in total. The number of fused-ring (bicyclic) bond motifs is 10. The zero-order chi connectivity index (χ0) is 30.4. The molecular weight excluding hydrogens is 567 g/mol. The number of para-hydroxylation sites is 2. The topological polar surface area (TPSA) is 52.5 Å². The number of benzene rings is 5. The number of nitrogens with zero attached hydrogens (tertiary/aromatic N) is 3. The summed E-state index contributed by atoms with van der Waals surface area (Å²) in [6, 6.07) is 38.6. The van der Waals surface area contributed by atoms with Crippen molar-refractivity contribution in [3.63, 3.8) is 0 Å². The molecule has 0 fully saturated rings. The summed E-state index contributed by atoms with van der Waals surface area (Å²) in [5.41, 5.74) is 13.4. The Labute approximate surface area is 265 Å². The highest BCUT2D eigenvalue weighted by atomic mass is 32.1. The Morgan fingerprint density at radius 3 is 2.38 bits per heavy atom. The number of allylic oxidation sites excluding steroid dienone is 1. The van der Waals surface area contributed by atoms with E-state index in [9.17, 15) is 10.5 Å². The third kappa shape index (κ3) is 3.49. The van der Waals surface area contributed by atoms with Crippen molar-refractivity contribution in [3.05, 3.63) is 135 Å². The summed E-state index contributed by atoms with van der Waals surface area (Å²) in [5.74, 6) is 0. The molecule has 0 spiro atoms. The zero-order valence-corrected chi connectivity index (χ0v) is 25.8. The maximum atomic E-state index is 10.4. The molecular formula is C41H27N3S. The molecule has 4 heteroatoms. The molecule has 0 radical (unpaired) electrons. The van der Waals surface area contributed by atoms with Crippen LogP contribution in [-0.2, 0) is 11.8 Å². The number of hydrogen-bond donors (Lipinski definition) is 0. The molecule has 7 aromatic rings. The third-order valence-electron chi connectivity index (χ3n) is 9.98. The fourth-order valence-electron chi connectivity index (χ4n) is 7.88. The number of aryl methyl sites for hydroxylation is 1. The number of hydrogen-bond acceptors (Lipinski definition) is 3. The number of rotatable bonds is 2. The number of thiophene rings is 1. The van der Waals surface area contributed by atoms with Gasteiger partial charge in [0.25, 0.3) is 0 Å². The SMILES string of the molecule is CC1(C)c2ccccc2-c2c1ccc1c3c(sc21)CCC(c1cccc(C#N)c1-n1c2ccccc2c2cc(C#N)ccc21)=C3. The minimum absolute atomic E-state index is 0.0193. The number of aromatic nitrogens is 1. The van der Waals surface area contributed by atoms with Crippen LogP contribution in [0.25, 0.3) is 60.4 Å². The highest BCUT2D eigenvalue weighted by Crippen LogP contribution is 2.54. The van der Waals surface area contributed by atoms with Crippen LogP contribution in [0.1, 0.15) is 58.5 Å². The van der Waals surface area contributed by atoms with Gasteiger partial charge in [0.15, 0.2) is 0 Å². The van der Waals surface area contributed by atoms with Gasteiger partial charge in [-0.05, 0) is 77.1 Å². The molecule has 212 valence electrons. The van der Waals surface area contributed by atoms with Gasteiger partial charge < -0.3 is 4.57 Å². The van der Waals surface area contributed by atoms with Gasteiger partial charge in [0.1, 0.15) is 6.07 Å². The quantitative estimate of drug-likeness (QED) is 0.200. The minimum Gasteiger partial charge on any atom is -0.307 e. The fourth-order valence-corrected chi connectivity index (χ4v) is 9.22. The van der Waals surface area contributed by atoms with Crippen LogP contribution < -0.4 is 0 Å². The minimum atomic E-state index is -0.0193. The average molecular weight is 594 g/mol. The van der Waals surface area contributed by atoms with Gasteiger partial charge in [-0.1, -0.05) is 80.6 Å². The molecule has 2 aliphatic carbocycles. The van der Waals surface area contributed by atoms with E-state index in [2.05, 4.69) is 91.2 Å². The van der Waals surface area contributed by atoms with Gasteiger partial charge in [0, 0.05) is 42.3 Å². The van der Waals surface area contributed by atoms with E-state index in [1.54, 1.807) is 0 Å². The molecule has 5 aromatic carbocycles. The molecule has 9 rings (SSSR count). The molecule has 0 saturated heterocycles. The van der Waals surface area contributed by atoms with Crippen LogP contribution in [0.3, 0.4) is 0 Å². The molecule has 2 heterocycles. The highest BCUT2D eigenvalue weighted by Gasteiger charge is 2.37. The van der Waals surface area contributed by atoms with E-state index in [0.717, 1.165) is 45.9 Å². The lowest BCUT2D eigenvalue weighted by Gasteiger charge is -2.21. The van der Waals surface area contributed by atoms with Crippen molar-refractivity contribution in [2.45, 2.75) is 32.1 Å². The van der Waals surface area contributed by atoms with E-state index < -0.39 is 0 Å². The lowest BCUT2D eigenvalue weighted by Crippen LogP contribution is -2.14. The molecule has 0 saturated carbocycles. The molecule has 3 nitrogen and oxygen atoms in total. The first-order valence-corrected chi connectivity index (χ1v) is 16.2. The van der Waals surface area contributed by atoms with Gasteiger partial charge in [0.2, 0.25) is 0 Å².